The zero-order valence-electron chi connectivity index (χ0n) is 9.17. The first-order chi connectivity index (χ1) is 7.24. The largest absolute Gasteiger partial charge is 0.310 e. The van der Waals surface area contributed by atoms with E-state index in [0.29, 0.717) is 6.04 Å². The molecule has 0 aromatic heterocycles. The quantitative estimate of drug-likeness (QED) is 0.803. The van der Waals surface area contributed by atoms with E-state index in [-0.39, 0.29) is 5.82 Å². The molecule has 1 saturated carbocycles. The number of hydrogen-bond donors (Lipinski definition) is 1. The maximum absolute atomic E-state index is 12.9. The molecule has 2 rings (SSSR count). The Morgan fingerprint density at radius 1 is 1.40 bits per heavy atom. The van der Waals surface area contributed by atoms with Gasteiger partial charge in [0, 0.05) is 12.6 Å². The van der Waals surface area contributed by atoms with Crippen LogP contribution in [-0.4, -0.2) is 6.04 Å². The van der Waals surface area contributed by atoms with E-state index < -0.39 is 0 Å². The lowest BCUT2D eigenvalue weighted by molar-refractivity contribution is 0.501. The van der Waals surface area contributed by atoms with Crippen molar-refractivity contribution in [3.05, 3.63) is 35.6 Å². The van der Waals surface area contributed by atoms with Crippen molar-refractivity contribution in [1.29, 1.82) is 0 Å². The van der Waals surface area contributed by atoms with Crippen molar-refractivity contribution in [2.75, 3.05) is 0 Å². The van der Waals surface area contributed by atoms with Gasteiger partial charge in [0.1, 0.15) is 5.82 Å². The van der Waals surface area contributed by atoms with Gasteiger partial charge in [-0.3, -0.25) is 0 Å². The molecular weight excluding hydrogens is 189 g/mol. The van der Waals surface area contributed by atoms with Crippen LogP contribution in [0.15, 0.2) is 24.3 Å². The Hall–Kier alpha value is -0.890. The zero-order valence-corrected chi connectivity index (χ0v) is 9.17. The summed E-state index contributed by atoms with van der Waals surface area (Å²) >= 11 is 0. The zero-order chi connectivity index (χ0) is 10.7. The van der Waals surface area contributed by atoms with Gasteiger partial charge in [0.2, 0.25) is 0 Å². The average Bonchev–Trinajstić information content (AvgIpc) is 2.62. The van der Waals surface area contributed by atoms with E-state index in [1.165, 1.54) is 25.3 Å². The van der Waals surface area contributed by atoms with Crippen LogP contribution < -0.4 is 5.32 Å². The van der Waals surface area contributed by atoms with Crippen molar-refractivity contribution < 1.29 is 4.39 Å². The number of nitrogens with one attached hydrogen (secondary N) is 1. The highest BCUT2D eigenvalue weighted by Gasteiger charge is 2.20. The molecule has 2 heteroatoms. The summed E-state index contributed by atoms with van der Waals surface area (Å²) in [6.45, 7) is 3.08. The minimum atomic E-state index is -0.144. The van der Waals surface area contributed by atoms with Crippen molar-refractivity contribution in [1.82, 2.24) is 5.32 Å². The fraction of sp³-hybridized carbons (Fsp3) is 0.538. The summed E-state index contributed by atoms with van der Waals surface area (Å²) in [4.78, 5) is 0. The molecule has 1 N–H and O–H groups in total. The molecule has 0 aliphatic heterocycles. The molecule has 0 heterocycles. The van der Waals surface area contributed by atoms with Crippen molar-refractivity contribution in [3.63, 3.8) is 0 Å². The van der Waals surface area contributed by atoms with E-state index in [1.54, 1.807) is 12.1 Å². The lowest BCUT2D eigenvalue weighted by Crippen LogP contribution is -2.25. The Morgan fingerprint density at radius 2 is 2.27 bits per heavy atom. The van der Waals surface area contributed by atoms with Crippen molar-refractivity contribution in [3.8, 4) is 0 Å². The van der Waals surface area contributed by atoms with E-state index in [0.717, 1.165) is 18.0 Å². The molecule has 1 nitrogen and oxygen atoms in total. The van der Waals surface area contributed by atoms with Crippen molar-refractivity contribution in [2.45, 2.75) is 38.8 Å². The molecule has 0 radical (unpaired) electrons. The van der Waals surface area contributed by atoms with E-state index in [4.69, 9.17) is 0 Å². The molecule has 0 spiro atoms. The Morgan fingerprint density at radius 3 is 2.93 bits per heavy atom. The van der Waals surface area contributed by atoms with Gasteiger partial charge in [-0.25, -0.2) is 4.39 Å². The van der Waals surface area contributed by atoms with Gasteiger partial charge in [0.15, 0.2) is 0 Å². The first-order valence-electron chi connectivity index (χ1n) is 5.72. The lowest BCUT2D eigenvalue weighted by Gasteiger charge is -2.12. The van der Waals surface area contributed by atoms with Crippen LogP contribution in [0.1, 0.15) is 31.7 Å². The molecule has 0 amide bonds. The van der Waals surface area contributed by atoms with Gasteiger partial charge in [-0.1, -0.05) is 19.1 Å². The van der Waals surface area contributed by atoms with Gasteiger partial charge >= 0.3 is 0 Å². The van der Waals surface area contributed by atoms with Crippen LogP contribution in [0.3, 0.4) is 0 Å². The fourth-order valence-electron chi connectivity index (χ4n) is 2.30. The predicted molar refractivity (Wildman–Crippen MR) is 60.0 cm³/mol. The van der Waals surface area contributed by atoms with Crippen LogP contribution in [0.5, 0.6) is 0 Å². The first kappa shape index (κ1) is 10.6. The first-order valence-corrected chi connectivity index (χ1v) is 5.72. The van der Waals surface area contributed by atoms with E-state index in [9.17, 15) is 4.39 Å². The van der Waals surface area contributed by atoms with Crippen LogP contribution in [-0.2, 0) is 6.54 Å². The van der Waals surface area contributed by atoms with E-state index in [2.05, 4.69) is 12.2 Å². The summed E-state index contributed by atoms with van der Waals surface area (Å²) < 4.78 is 12.9. The number of rotatable bonds is 3. The van der Waals surface area contributed by atoms with Gasteiger partial charge in [0.25, 0.3) is 0 Å². The van der Waals surface area contributed by atoms with Crippen LogP contribution in [0, 0.1) is 11.7 Å². The monoisotopic (exact) mass is 207 g/mol. The molecule has 0 unspecified atom stereocenters. The summed E-state index contributed by atoms with van der Waals surface area (Å²) in [5, 5.41) is 3.49. The van der Waals surface area contributed by atoms with Crippen molar-refractivity contribution >= 4 is 0 Å². The molecule has 1 aliphatic carbocycles. The molecule has 15 heavy (non-hydrogen) atoms. The summed E-state index contributed by atoms with van der Waals surface area (Å²) in [5.74, 6) is 0.698. The minimum Gasteiger partial charge on any atom is -0.310 e. The van der Waals surface area contributed by atoms with Crippen molar-refractivity contribution in [2.24, 2.45) is 5.92 Å². The van der Waals surface area contributed by atoms with Crippen LogP contribution >= 0.6 is 0 Å². The number of benzene rings is 1. The third kappa shape index (κ3) is 3.03. The van der Waals surface area contributed by atoms with E-state index >= 15 is 0 Å². The molecule has 1 aromatic rings. The standard InChI is InChI=1S/C13H18FN/c1-10-5-6-13(7-10)15-9-11-3-2-4-12(14)8-11/h2-4,8,10,13,15H,5-7,9H2,1H3/t10-,13-/m1/s1. The average molecular weight is 207 g/mol. The highest BCUT2D eigenvalue weighted by Crippen LogP contribution is 2.24. The lowest BCUT2D eigenvalue weighted by atomic mass is 10.1. The molecule has 1 aromatic carbocycles. The fourth-order valence-corrected chi connectivity index (χ4v) is 2.30. The third-order valence-electron chi connectivity index (χ3n) is 3.18. The Balaban J connectivity index is 1.83. The predicted octanol–water partition coefficient (Wildman–Crippen LogP) is 3.10. The normalized spacial score (nSPS) is 25.7. The van der Waals surface area contributed by atoms with E-state index in [1.807, 2.05) is 6.07 Å². The second kappa shape index (κ2) is 4.75. The van der Waals surface area contributed by atoms with Gasteiger partial charge in [-0.2, -0.15) is 0 Å². The van der Waals surface area contributed by atoms with Gasteiger partial charge < -0.3 is 5.32 Å². The highest BCUT2D eigenvalue weighted by molar-refractivity contribution is 5.16. The van der Waals surface area contributed by atoms with Crippen LogP contribution in [0.25, 0.3) is 0 Å². The van der Waals surface area contributed by atoms with Gasteiger partial charge in [-0.05, 0) is 42.9 Å². The smallest absolute Gasteiger partial charge is 0.123 e. The van der Waals surface area contributed by atoms with Gasteiger partial charge in [0.05, 0.1) is 0 Å². The molecule has 0 bridgehead atoms. The minimum absolute atomic E-state index is 0.144. The Labute approximate surface area is 90.7 Å². The Kier molecular flexibility index (Phi) is 3.37. The topological polar surface area (TPSA) is 12.0 Å². The molecule has 1 aliphatic rings. The molecule has 82 valence electrons. The Bertz CT molecular complexity index is 324. The third-order valence-corrected chi connectivity index (χ3v) is 3.18. The number of hydrogen-bond acceptors (Lipinski definition) is 1. The van der Waals surface area contributed by atoms with Gasteiger partial charge in [-0.15, -0.1) is 0 Å². The summed E-state index contributed by atoms with van der Waals surface area (Å²) in [6, 6.07) is 7.45. The second-order valence-electron chi connectivity index (χ2n) is 4.63. The second-order valence-corrected chi connectivity index (χ2v) is 4.63. The highest BCUT2D eigenvalue weighted by atomic mass is 19.1. The molecule has 2 atom stereocenters. The SMILES string of the molecule is C[C@@H]1CC[C@@H](NCc2cccc(F)c2)C1. The molecule has 1 fully saturated rings. The summed E-state index contributed by atoms with van der Waals surface area (Å²) in [5.41, 5.74) is 1.04. The number of halogens is 1. The summed E-state index contributed by atoms with van der Waals surface area (Å²) in [7, 11) is 0. The molecule has 0 saturated heterocycles. The van der Waals surface area contributed by atoms with Crippen LogP contribution in [0.2, 0.25) is 0 Å². The maximum atomic E-state index is 12.9. The van der Waals surface area contributed by atoms with Crippen LogP contribution in [0.4, 0.5) is 4.39 Å². The molecular formula is C13H18FN. The maximum Gasteiger partial charge on any atom is 0.123 e. The summed E-state index contributed by atoms with van der Waals surface area (Å²) in [6.07, 6.45) is 3.84.